The van der Waals surface area contributed by atoms with Gasteiger partial charge in [-0.1, -0.05) is 0 Å². The Balaban J connectivity index is 2.06. The van der Waals surface area contributed by atoms with Crippen LogP contribution in [0.4, 0.5) is 0 Å². The van der Waals surface area contributed by atoms with E-state index in [0.717, 1.165) is 19.5 Å². The molecule has 1 aliphatic rings. The Kier molecular flexibility index (Phi) is 3.36. The van der Waals surface area contributed by atoms with E-state index in [1.165, 1.54) is 0 Å². The number of nitrogens with zero attached hydrogens (tertiary/aromatic N) is 1. The number of carbonyl (C=O) groups is 1. The van der Waals surface area contributed by atoms with E-state index in [-0.39, 0.29) is 12.0 Å². The van der Waals surface area contributed by atoms with Crippen molar-refractivity contribution in [2.75, 3.05) is 20.1 Å². The number of hydrogen-bond acceptors (Lipinski definition) is 4. The van der Waals surface area contributed by atoms with Crippen molar-refractivity contribution < 1.29 is 9.53 Å². The van der Waals surface area contributed by atoms with Crippen LogP contribution in [-0.4, -0.2) is 37.1 Å². The zero-order valence-corrected chi connectivity index (χ0v) is 9.19. The van der Waals surface area contributed by atoms with Crippen LogP contribution in [0.1, 0.15) is 16.9 Å². The maximum Gasteiger partial charge on any atom is 0.269 e. The van der Waals surface area contributed by atoms with Crippen LogP contribution >= 0.6 is 0 Å². The van der Waals surface area contributed by atoms with Gasteiger partial charge in [-0.05, 0) is 19.0 Å². The predicted molar refractivity (Wildman–Crippen MR) is 59.5 cm³/mol. The molecule has 16 heavy (non-hydrogen) atoms. The second-order valence-corrected chi connectivity index (χ2v) is 3.69. The van der Waals surface area contributed by atoms with Crippen LogP contribution in [0, 0.1) is 0 Å². The lowest BCUT2D eigenvalue weighted by Gasteiger charge is -2.12. The van der Waals surface area contributed by atoms with Gasteiger partial charge in [-0.3, -0.25) is 9.78 Å². The van der Waals surface area contributed by atoms with Crippen molar-refractivity contribution in [3.63, 3.8) is 0 Å². The summed E-state index contributed by atoms with van der Waals surface area (Å²) in [5, 5.41) is 5.75. The molecule has 2 N–H and O–H groups in total. The van der Waals surface area contributed by atoms with Gasteiger partial charge in [-0.15, -0.1) is 0 Å². The number of nitrogens with one attached hydrogen (secondary N) is 2. The number of pyridine rings is 1. The molecule has 1 aromatic heterocycles. The maximum atomic E-state index is 11.4. The second-order valence-electron chi connectivity index (χ2n) is 3.69. The van der Waals surface area contributed by atoms with Crippen LogP contribution in [-0.2, 0) is 0 Å². The highest BCUT2D eigenvalue weighted by atomic mass is 16.5. The van der Waals surface area contributed by atoms with E-state index in [0.29, 0.717) is 11.4 Å². The van der Waals surface area contributed by atoms with Crippen molar-refractivity contribution in [1.29, 1.82) is 0 Å². The first kappa shape index (κ1) is 10.9. The molecule has 86 valence electrons. The van der Waals surface area contributed by atoms with Crippen LogP contribution in [0.15, 0.2) is 18.3 Å². The van der Waals surface area contributed by atoms with E-state index in [4.69, 9.17) is 4.74 Å². The van der Waals surface area contributed by atoms with Gasteiger partial charge in [0, 0.05) is 25.9 Å². The lowest BCUT2D eigenvalue weighted by atomic mass is 10.3. The van der Waals surface area contributed by atoms with Gasteiger partial charge in [0.05, 0.1) is 0 Å². The Labute approximate surface area is 94.2 Å². The Morgan fingerprint density at radius 2 is 2.56 bits per heavy atom. The fourth-order valence-electron chi connectivity index (χ4n) is 1.66. The number of rotatable bonds is 3. The van der Waals surface area contributed by atoms with Crippen molar-refractivity contribution in [2.45, 2.75) is 12.5 Å². The summed E-state index contributed by atoms with van der Waals surface area (Å²) in [6.45, 7) is 1.84. The highest BCUT2D eigenvalue weighted by molar-refractivity contribution is 5.92. The third-order valence-electron chi connectivity index (χ3n) is 2.51. The van der Waals surface area contributed by atoms with Crippen molar-refractivity contribution in [2.24, 2.45) is 0 Å². The first-order valence-corrected chi connectivity index (χ1v) is 5.35. The fraction of sp³-hybridized carbons (Fsp3) is 0.455. The molecule has 0 aromatic carbocycles. The summed E-state index contributed by atoms with van der Waals surface area (Å²) >= 11 is 0. The first-order chi connectivity index (χ1) is 7.79. The van der Waals surface area contributed by atoms with E-state index in [1.54, 1.807) is 25.4 Å². The van der Waals surface area contributed by atoms with E-state index in [2.05, 4.69) is 15.6 Å². The summed E-state index contributed by atoms with van der Waals surface area (Å²) in [7, 11) is 1.58. The normalized spacial score (nSPS) is 19.4. The molecular formula is C11H15N3O2. The summed E-state index contributed by atoms with van der Waals surface area (Å²) in [5.74, 6) is 0.497. The molecule has 1 unspecified atom stereocenters. The number of aromatic nitrogens is 1. The molecule has 0 radical (unpaired) electrons. The van der Waals surface area contributed by atoms with Gasteiger partial charge in [0.15, 0.2) is 0 Å². The highest BCUT2D eigenvalue weighted by Gasteiger charge is 2.16. The minimum Gasteiger partial charge on any atom is -0.489 e. The zero-order valence-electron chi connectivity index (χ0n) is 9.19. The quantitative estimate of drug-likeness (QED) is 0.764. The van der Waals surface area contributed by atoms with Crippen LogP contribution in [0.5, 0.6) is 5.75 Å². The molecule has 5 heteroatoms. The molecule has 2 heterocycles. The molecule has 1 saturated heterocycles. The molecule has 5 nitrogen and oxygen atoms in total. The van der Waals surface area contributed by atoms with E-state index in [1.807, 2.05) is 0 Å². The lowest BCUT2D eigenvalue weighted by Crippen LogP contribution is -2.21. The first-order valence-electron chi connectivity index (χ1n) is 5.35. The van der Waals surface area contributed by atoms with Crippen LogP contribution in [0.2, 0.25) is 0 Å². The van der Waals surface area contributed by atoms with Gasteiger partial charge in [-0.2, -0.15) is 0 Å². The second kappa shape index (κ2) is 4.94. The minimum atomic E-state index is -0.199. The summed E-state index contributed by atoms with van der Waals surface area (Å²) in [6.07, 6.45) is 2.78. The molecule has 0 aliphatic carbocycles. The molecule has 1 atom stereocenters. The van der Waals surface area contributed by atoms with E-state index >= 15 is 0 Å². The fourth-order valence-corrected chi connectivity index (χ4v) is 1.66. The van der Waals surface area contributed by atoms with Gasteiger partial charge in [0.2, 0.25) is 0 Å². The van der Waals surface area contributed by atoms with Crippen molar-refractivity contribution in [3.8, 4) is 5.75 Å². The summed E-state index contributed by atoms with van der Waals surface area (Å²) in [4.78, 5) is 15.3. The van der Waals surface area contributed by atoms with Crippen LogP contribution in [0.3, 0.4) is 0 Å². The topological polar surface area (TPSA) is 63.2 Å². The highest BCUT2D eigenvalue weighted by Crippen LogP contribution is 2.15. The average molecular weight is 221 g/mol. The third kappa shape index (κ3) is 2.49. The zero-order chi connectivity index (χ0) is 11.4. The Morgan fingerprint density at radius 3 is 3.25 bits per heavy atom. The maximum absolute atomic E-state index is 11.4. The molecule has 1 aromatic rings. The van der Waals surface area contributed by atoms with Crippen molar-refractivity contribution in [3.05, 3.63) is 24.0 Å². The molecule has 0 bridgehead atoms. The number of hydrogen-bond donors (Lipinski definition) is 2. The Hall–Kier alpha value is -1.62. The molecule has 1 fully saturated rings. The largest absolute Gasteiger partial charge is 0.489 e. The van der Waals surface area contributed by atoms with E-state index in [9.17, 15) is 4.79 Å². The molecule has 2 rings (SSSR count). The van der Waals surface area contributed by atoms with Gasteiger partial charge in [-0.25, -0.2) is 0 Å². The van der Waals surface area contributed by atoms with Crippen LogP contribution in [0.25, 0.3) is 0 Å². The van der Waals surface area contributed by atoms with Gasteiger partial charge >= 0.3 is 0 Å². The molecule has 1 aliphatic heterocycles. The SMILES string of the molecule is CNC(=O)c1cc(OC2CCNC2)ccn1. The summed E-state index contributed by atoms with van der Waals surface area (Å²) < 4.78 is 5.73. The summed E-state index contributed by atoms with van der Waals surface area (Å²) in [6, 6.07) is 3.43. The Morgan fingerprint density at radius 1 is 1.69 bits per heavy atom. The van der Waals surface area contributed by atoms with Crippen molar-refractivity contribution >= 4 is 5.91 Å². The number of ether oxygens (including phenoxy) is 1. The average Bonchev–Trinajstić information content (AvgIpc) is 2.81. The molecule has 0 saturated carbocycles. The smallest absolute Gasteiger partial charge is 0.269 e. The monoisotopic (exact) mass is 221 g/mol. The standard InChI is InChI=1S/C11H15N3O2/c1-12-11(15)10-6-8(3-5-14-10)16-9-2-4-13-7-9/h3,5-6,9,13H,2,4,7H2,1H3,(H,12,15). The van der Waals surface area contributed by atoms with Gasteiger partial charge in [0.1, 0.15) is 17.5 Å². The number of carbonyl (C=O) groups excluding carboxylic acids is 1. The lowest BCUT2D eigenvalue weighted by molar-refractivity contribution is 0.0957. The Bertz CT molecular complexity index is 375. The van der Waals surface area contributed by atoms with Crippen LogP contribution < -0.4 is 15.4 Å². The molecule has 1 amide bonds. The third-order valence-corrected chi connectivity index (χ3v) is 2.51. The predicted octanol–water partition coefficient (Wildman–Crippen LogP) is 0.182. The number of amides is 1. The van der Waals surface area contributed by atoms with Crippen molar-refractivity contribution in [1.82, 2.24) is 15.6 Å². The molecular weight excluding hydrogens is 206 g/mol. The van der Waals surface area contributed by atoms with Gasteiger partial charge < -0.3 is 15.4 Å². The summed E-state index contributed by atoms with van der Waals surface area (Å²) in [5.41, 5.74) is 0.381. The van der Waals surface area contributed by atoms with Gasteiger partial charge in [0.25, 0.3) is 5.91 Å². The minimum absolute atomic E-state index is 0.194. The molecule has 0 spiro atoms. The van der Waals surface area contributed by atoms with E-state index < -0.39 is 0 Å².